The molecule has 0 saturated heterocycles. The number of nitrogens with one attached hydrogen (secondary N) is 1. The third-order valence-electron chi connectivity index (χ3n) is 3.22. The molecule has 2 aromatic rings. The van der Waals surface area contributed by atoms with E-state index in [4.69, 9.17) is 4.74 Å². The third kappa shape index (κ3) is 4.83. The van der Waals surface area contributed by atoms with Crippen molar-refractivity contribution in [3.05, 3.63) is 63.9 Å². The van der Waals surface area contributed by atoms with E-state index in [1.54, 1.807) is 0 Å². The minimum absolute atomic E-state index is 0.266. The molecule has 4 heteroatoms. The topological polar surface area (TPSA) is 21.3 Å². The van der Waals surface area contributed by atoms with Gasteiger partial charge in [0.2, 0.25) is 0 Å². The first-order chi connectivity index (χ1) is 10.1. The molecule has 0 fully saturated rings. The Labute approximate surface area is 133 Å². The Hall–Kier alpha value is -1.39. The average molecular weight is 352 g/mol. The lowest BCUT2D eigenvalue weighted by atomic mass is 10.1. The van der Waals surface area contributed by atoms with Crippen molar-refractivity contribution < 1.29 is 9.13 Å². The number of ether oxygens (including phenoxy) is 1. The number of hydrogen-bond acceptors (Lipinski definition) is 2. The standard InChI is InChI=1S/C17H19BrFNO/c1-3-20-12(2)14-4-6-17(7-5-14)21-11-13-8-15(18)10-16(19)9-13/h4-10,12,20H,3,11H2,1-2H3. The van der Waals surface area contributed by atoms with Crippen LogP contribution in [0.4, 0.5) is 4.39 Å². The minimum atomic E-state index is -0.266. The fourth-order valence-corrected chi connectivity index (χ4v) is 2.65. The second-order valence-corrected chi connectivity index (χ2v) is 5.83. The zero-order valence-electron chi connectivity index (χ0n) is 12.2. The van der Waals surface area contributed by atoms with Crippen LogP contribution in [0.3, 0.4) is 0 Å². The van der Waals surface area contributed by atoms with Crippen LogP contribution in [0.15, 0.2) is 46.9 Å². The lowest BCUT2D eigenvalue weighted by Crippen LogP contribution is -2.17. The Bertz CT molecular complexity index is 566. The molecule has 0 aromatic heterocycles. The summed E-state index contributed by atoms with van der Waals surface area (Å²) in [4.78, 5) is 0. The molecule has 0 saturated carbocycles. The molecule has 2 nitrogen and oxygen atoms in total. The van der Waals surface area contributed by atoms with Crippen molar-refractivity contribution in [2.75, 3.05) is 6.54 Å². The lowest BCUT2D eigenvalue weighted by molar-refractivity contribution is 0.305. The molecule has 0 bridgehead atoms. The summed E-state index contributed by atoms with van der Waals surface area (Å²) in [6.07, 6.45) is 0. The molecule has 21 heavy (non-hydrogen) atoms. The van der Waals surface area contributed by atoms with Gasteiger partial charge in [0, 0.05) is 10.5 Å². The van der Waals surface area contributed by atoms with Gasteiger partial charge in [0.25, 0.3) is 0 Å². The van der Waals surface area contributed by atoms with E-state index in [-0.39, 0.29) is 5.82 Å². The van der Waals surface area contributed by atoms with Crippen molar-refractivity contribution in [3.8, 4) is 5.75 Å². The van der Waals surface area contributed by atoms with Gasteiger partial charge in [-0.15, -0.1) is 0 Å². The molecule has 0 spiro atoms. The van der Waals surface area contributed by atoms with Crippen LogP contribution in [0.1, 0.15) is 31.0 Å². The van der Waals surface area contributed by atoms with Crippen LogP contribution in [0.25, 0.3) is 0 Å². The summed E-state index contributed by atoms with van der Waals surface area (Å²) in [6, 6.07) is 13.1. The molecule has 0 radical (unpaired) electrons. The fourth-order valence-electron chi connectivity index (χ4n) is 2.14. The van der Waals surface area contributed by atoms with E-state index in [0.29, 0.717) is 12.6 Å². The number of benzene rings is 2. The second kappa shape index (κ2) is 7.57. The molecule has 1 N–H and O–H groups in total. The van der Waals surface area contributed by atoms with Crippen LogP contribution < -0.4 is 10.1 Å². The smallest absolute Gasteiger partial charge is 0.124 e. The van der Waals surface area contributed by atoms with Gasteiger partial charge in [0.15, 0.2) is 0 Å². The van der Waals surface area contributed by atoms with E-state index in [1.807, 2.05) is 30.3 Å². The van der Waals surface area contributed by atoms with Gasteiger partial charge in [-0.3, -0.25) is 0 Å². The summed E-state index contributed by atoms with van der Waals surface area (Å²) in [6.45, 7) is 5.50. The maximum atomic E-state index is 13.3. The molecule has 2 rings (SSSR count). The first kappa shape index (κ1) is 16.0. The van der Waals surface area contributed by atoms with Crippen molar-refractivity contribution in [3.63, 3.8) is 0 Å². The first-order valence-corrected chi connectivity index (χ1v) is 7.79. The van der Waals surface area contributed by atoms with E-state index in [1.165, 1.54) is 17.7 Å². The Morgan fingerprint density at radius 2 is 1.90 bits per heavy atom. The van der Waals surface area contributed by atoms with E-state index in [0.717, 1.165) is 22.3 Å². The van der Waals surface area contributed by atoms with Gasteiger partial charge in [-0.25, -0.2) is 4.39 Å². The Kier molecular flexibility index (Phi) is 5.76. The van der Waals surface area contributed by atoms with E-state index < -0.39 is 0 Å². The summed E-state index contributed by atoms with van der Waals surface area (Å²) in [5.41, 5.74) is 2.02. The van der Waals surface area contributed by atoms with Gasteiger partial charge < -0.3 is 10.1 Å². The summed E-state index contributed by atoms with van der Waals surface area (Å²) >= 11 is 3.28. The Morgan fingerprint density at radius 1 is 1.19 bits per heavy atom. The number of rotatable bonds is 6. The predicted octanol–water partition coefficient (Wildman–Crippen LogP) is 4.84. The van der Waals surface area contributed by atoms with Gasteiger partial charge in [0.1, 0.15) is 18.2 Å². The molecule has 0 aliphatic rings. The van der Waals surface area contributed by atoms with Crippen LogP contribution in [-0.4, -0.2) is 6.54 Å². The highest BCUT2D eigenvalue weighted by Crippen LogP contribution is 2.20. The van der Waals surface area contributed by atoms with Crippen LogP contribution in [-0.2, 0) is 6.61 Å². The van der Waals surface area contributed by atoms with Gasteiger partial charge in [-0.1, -0.05) is 35.0 Å². The first-order valence-electron chi connectivity index (χ1n) is 6.99. The molecule has 0 heterocycles. The molecule has 112 valence electrons. The third-order valence-corrected chi connectivity index (χ3v) is 3.68. The zero-order chi connectivity index (χ0) is 15.2. The summed E-state index contributed by atoms with van der Waals surface area (Å²) in [5, 5.41) is 3.36. The highest BCUT2D eigenvalue weighted by atomic mass is 79.9. The van der Waals surface area contributed by atoms with Crippen LogP contribution >= 0.6 is 15.9 Å². The maximum absolute atomic E-state index is 13.3. The quantitative estimate of drug-likeness (QED) is 0.803. The van der Waals surface area contributed by atoms with E-state index in [2.05, 4.69) is 35.1 Å². The summed E-state index contributed by atoms with van der Waals surface area (Å²) in [5.74, 6) is 0.514. The normalized spacial score (nSPS) is 12.2. The molecule has 2 aromatic carbocycles. The van der Waals surface area contributed by atoms with Gasteiger partial charge in [-0.2, -0.15) is 0 Å². The Morgan fingerprint density at radius 3 is 2.52 bits per heavy atom. The summed E-state index contributed by atoms with van der Waals surface area (Å²) < 4.78 is 19.7. The minimum Gasteiger partial charge on any atom is -0.489 e. The van der Waals surface area contributed by atoms with Crippen LogP contribution in [0, 0.1) is 5.82 Å². The number of hydrogen-bond donors (Lipinski definition) is 1. The van der Waals surface area contributed by atoms with Crippen molar-refractivity contribution in [2.45, 2.75) is 26.5 Å². The molecule has 0 aliphatic carbocycles. The predicted molar refractivity (Wildman–Crippen MR) is 87.0 cm³/mol. The van der Waals surface area contributed by atoms with Crippen LogP contribution in [0.5, 0.6) is 5.75 Å². The molecule has 1 unspecified atom stereocenters. The van der Waals surface area contributed by atoms with Gasteiger partial charge in [-0.05, 0) is 54.9 Å². The monoisotopic (exact) mass is 351 g/mol. The molecular formula is C17H19BrFNO. The van der Waals surface area contributed by atoms with E-state index >= 15 is 0 Å². The molecular weight excluding hydrogens is 333 g/mol. The highest BCUT2D eigenvalue weighted by molar-refractivity contribution is 9.10. The fraction of sp³-hybridized carbons (Fsp3) is 0.294. The second-order valence-electron chi connectivity index (χ2n) is 4.91. The largest absolute Gasteiger partial charge is 0.489 e. The molecule has 0 aliphatic heterocycles. The maximum Gasteiger partial charge on any atom is 0.124 e. The SMILES string of the molecule is CCNC(C)c1ccc(OCc2cc(F)cc(Br)c2)cc1. The van der Waals surface area contributed by atoms with E-state index in [9.17, 15) is 4.39 Å². The summed E-state index contributed by atoms with van der Waals surface area (Å²) in [7, 11) is 0. The van der Waals surface area contributed by atoms with Gasteiger partial charge >= 0.3 is 0 Å². The van der Waals surface area contributed by atoms with Gasteiger partial charge in [0.05, 0.1) is 0 Å². The Balaban J connectivity index is 1.97. The highest BCUT2D eigenvalue weighted by Gasteiger charge is 2.04. The van der Waals surface area contributed by atoms with Crippen molar-refractivity contribution in [1.82, 2.24) is 5.32 Å². The molecule has 1 atom stereocenters. The van der Waals surface area contributed by atoms with Crippen molar-refractivity contribution >= 4 is 15.9 Å². The zero-order valence-corrected chi connectivity index (χ0v) is 13.8. The van der Waals surface area contributed by atoms with Crippen molar-refractivity contribution in [1.29, 1.82) is 0 Å². The molecule has 0 amide bonds. The van der Waals surface area contributed by atoms with Crippen molar-refractivity contribution in [2.24, 2.45) is 0 Å². The van der Waals surface area contributed by atoms with Crippen LogP contribution in [0.2, 0.25) is 0 Å². The number of halogens is 2. The average Bonchev–Trinajstić information content (AvgIpc) is 2.45. The lowest BCUT2D eigenvalue weighted by Gasteiger charge is -2.13.